The maximum absolute atomic E-state index is 5.36. The summed E-state index contributed by atoms with van der Waals surface area (Å²) in [5.41, 5.74) is 1.15. The molecule has 2 heterocycles. The summed E-state index contributed by atoms with van der Waals surface area (Å²) < 4.78 is 15.8. The lowest BCUT2D eigenvalue weighted by Gasteiger charge is -2.13. The largest absolute Gasteiger partial charge is 0.454 e. The summed E-state index contributed by atoms with van der Waals surface area (Å²) in [6.07, 6.45) is 3.14. The number of fused-ring (bicyclic) bond motifs is 1. The first-order chi connectivity index (χ1) is 8.83. The fourth-order valence-corrected chi connectivity index (χ4v) is 1.88. The Balaban J connectivity index is 1.67. The zero-order valence-corrected chi connectivity index (χ0v) is 10.1. The van der Waals surface area contributed by atoms with Gasteiger partial charge in [0.15, 0.2) is 17.9 Å². The van der Waals surface area contributed by atoms with E-state index in [4.69, 9.17) is 13.9 Å². The second kappa shape index (κ2) is 4.70. The third-order valence-corrected chi connectivity index (χ3v) is 2.96. The van der Waals surface area contributed by atoms with Crippen LogP contribution in [-0.2, 0) is 6.54 Å². The maximum Gasteiger partial charge on any atom is 0.231 e. The van der Waals surface area contributed by atoms with Gasteiger partial charge in [-0.3, -0.25) is 0 Å². The van der Waals surface area contributed by atoms with Gasteiger partial charge in [-0.15, -0.1) is 0 Å². The van der Waals surface area contributed by atoms with Crippen LogP contribution < -0.4 is 14.8 Å². The standard InChI is InChI=1S/C13H14N2O3/c1-9(15-6-11-5-14-7-16-11)10-2-3-12-13(4-10)18-8-17-12/h2-5,7,9,15H,6,8H2,1H3. The third-order valence-electron chi connectivity index (χ3n) is 2.96. The fourth-order valence-electron chi connectivity index (χ4n) is 1.88. The Bertz CT molecular complexity index is 525. The minimum atomic E-state index is 0.199. The van der Waals surface area contributed by atoms with Crippen molar-refractivity contribution in [2.45, 2.75) is 19.5 Å². The number of ether oxygens (including phenoxy) is 2. The first kappa shape index (κ1) is 11.1. The molecule has 1 aliphatic heterocycles. The summed E-state index contributed by atoms with van der Waals surface area (Å²) in [5, 5.41) is 3.36. The molecule has 0 radical (unpaired) electrons. The highest BCUT2D eigenvalue weighted by Gasteiger charge is 2.15. The molecule has 2 aromatic rings. The molecule has 0 amide bonds. The Hall–Kier alpha value is -2.01. The Kier molecular flexibility index (Phi) is 2.90. The van der Waals surface area contributed by atoms with Crippen molar-refractivity contribution in [1.82, 2.24) is 10.3 Å². The normalized spacial score (nSPS) is 14.7. The van der Waals surface area contributed by atoms with E-state index in [2.05, 4.69) is 17.2 Å². The summed E-state index contributed by atoms with van der Waals surface area (Å²) in [5.74, 6) is 2.43. The molecule has 1 unspecified atom stereocenters. The Morgan fingerprint density at radius 2 is 2.22 bits per heavy atom. The molecule has 0 saturated heterocycles. The van der Waals surface area contributed by atoms with E-state index in [0.717, 1.165) is 22.8 Å². The number of aromatic nitrogens is 1. The van der Waals surface area contributed by atoms with Gasteiger partial charge >= 0.3 is 0 Å². The second-order valence-electron chi connectivity index (χ2n) is 4.18. The molecule has 5 nitrogen and oxygen atoms in total. The predicted octanol–water partition coefficient (Wildman–Crippen LogP) is 2.25. The Morgan fingerprint density at radius 3 is 3.06 bits per heavy atom. The second-order valence-corrected chi connectivity index (χ2v) is 4.18. The zero-order valence-electron chi connectivity index (χ0n) is 10.1. The van der Waals surface area contributed by atoms with Crippen LogP contribution in [0.4, 0.5) is 0 Å². The highest BCUT2D eigenvalue weighted by Crippen LogP contribution is 2.34. The van der Waals surface area contributed by atoms with Gasteiger partial charge in [-0.25, -0.2) is 4.98 Å². The van der Waals surface area contributed by atoms with Gasteiger partial charge < -0.3 is 19.2 Å². The summed E-state index contributed by atoms with van der Waals surface area (Å²) in [7, 11) is 0. The third kappa shape index (κ3) is 2.17. The molecule has 1 aromatic carbocycles. The van der Waals surface area contributed by atoms with E-state index >= 15 is 0 Å². The lowest BCUT2D eigenvalue weighted by molar-refractivity contribution is 0.174. The number of hydrogen-bond acceptors (Lipinski definition) is 5. The average Bonchev–Trinajstić information content (AvgIpc) is 3.05. The first-order valence-electron chi connectivity index (χ1n) is 5.83. The average molecular weight is 246 g/mol. The van der Waals surface area contributed by atoms with Gasteiger partial charge in [-0.1, -0.05) is 6.07 Å². The van der Waals surface area contributed by atoms with Gasteiger partial charge in [0.1, 0.15) is 5.76 Å². The molecule has 3 rings (SSSR count). The SMILES string of the molecule is CC(NCc1cnco1)c1ccc2c(c1)OCO2. The van der Waals surface area contributed by atoms with Gasteiger partial charge in [0.05, 0.1) is 12.7 Å². The van der Waals surface area contributed by atoms with Crippen molar-refractivity contribution in [2.24, 2.45) is 0 Å². The highest BCUT2D eigenvalue weighted by molar-refractivity contribution is 5.45. The summed E-state index contributed by atoms with van der Waals surface area (Å²) in [6, 6.07) is 6.17. The molecule has 1 aromatic heterocycles. The van der Waals surface area contributed by atoms with E-state index in [1.807, 2.05) is 18.2 Å². The van der Waals surface area contributed by atoms with Crippen LogP contribution in [0.25, 0.3) is 0 Å². The van der Waals surface area contributed by atoms with E-state index in [-0.39, 0.29) is 6.04 Å². The van der Waals surface area contributed by atoms with Crippen LogP contribution in [0.2, 0.25) is 0 Å². The quantitative estimate of drug-likeness (QED) is 0.896. The van der Waals surface area contributed by atoms with Crippen LogP contribution in [0.1, 0.15) is 24.3 Å². The summed E-state index contributed by atoms with van der Waals surface area (Å²) in [4.78, 5) is 3.88. The van der Waals surface area contributed by atoms with E-state index in [9.17, 15) is 0 Å². The van der Waals surface area contributed by atoms with Crippen molar-refractivity contribution in [2.75, 3.05) is 6.79 Å². The number of oxazole rings is 1. The fraction of sp³-hybridized carbons (Fsp3) is 0.308. The Labute approximate surface area is 105 Å². The minimum Gasteiger partial charge on any atom is -0.454 e. The molecule has 0 spiro atoms. The highest BCUT2D eigenvalue weighted by atomic mass is 16.7. The molecule has 1 aliphatic rings. The monoisotopic (exact) mass is 246 g/mol. The topological polar surface area (TPSA) is 56.5 Å². The van der Waals surface area contributed by atoms with Crippen LogP contribution in [0.15, 0.2) is 35.2 Å². The molecule has 5 heteroatoms. The van der Waals surface area contributed by atoms with Gasteiger partial charge in [0.2, 0.25) is 6.79 Å². The van der Waals surface area contributed by atoms with Crippen molar-refractivity contribution < 1.29 is 13.9 Å². The molecule has 1 atom stereocenters. The van der Waals surface area contributed by atoms with Gasteiger partial charge in [-0.2, -0.15) is 0 Å². The van der Waals surface area contributed by atoms with Crippen LogP contribution in [0, 0.1) is 0 Å². The molecule has 18 heavy (non-hydrogen) atoms. The molecule has 0 bridgehead atoms. The molecular weight excluding hydrogens is 232 g/mol. The summed E-state index contributed by atoms with van der Waals surface area (Å²) in [6.45, 7) is 3.04. The summed E-state index contributed by atoms with van der Waals surface area (Å²) >= 11 is 0. The number of hydrogen-bond donors (Lipinski definition) is 1. The van der Waals surface area contributed by atoms with Crippen LogP contribution in [0.3, 0.4) is 0 Å². The van der Waals surface area contributed by atoms with Crippen molar-refractivity contribution in [1.29, 1.82) is 0 Å². The number of rotatable bonds is 4. The predicted molar refractivity (Wildman–Crippen MR) is 64.3 cm³/mol. The maximum atomic E-state index is 5.36. The van der Waals surface area contributed by atoms with Crippen molar-refractivity contribution in [3.8, 4) is 11.5 Å². The first-order valence-corrected chi connectivity index (χ1v) is 5.83. The minimum absolute atomic E-state index is 0.199. The van der Waals surface area contributed by atoms with E-state index < -0.39 is 0 Å². The molecule has 0 fully saturated rings. The van der Waals surface area contributed by atoms with Gasteiger partial charge in [0.25, 0.3) is 0 Å². The van der Waals surface area contributed by atoms with Gasteiger partial charge in [-0.05, 0) is 24.6 Å². The van der Waals surface area contributed by atoms with Crippen molar-refractivity contribution in [3.05, 3.63) is 42.1 Å². The van der Waals surface area contributed by atoms with E-state index in [1.165, 1.54) is 6.39 Å². The van der Waals surface area contributed by atoms with E-state index in [0.29, 0.717) is 13.3 Å². The van der Waals surface area contributed by atoms with Crippen LogP contribution in [-0.4, -0.2) is 11.8 Å². The smallest absolute Gasteiger partial charge is 0.231 e. The van der Waals surface area contributed by atoms with Crippen LogP contribution >= 0.6 is 0 Å². The van der Waals surface area contributed by atoms with E-state index in [1.54, 1.807) is 6.20 Å². The zero-order chi connectivity index (χ0) is 12.4. The number of benzene rings is 1. The molecule has 0 saturated carbocycles. The lowest BCUT2D eigenvalue weighted by Crippen LogP contribution is -2.17. The van der Waals surface area contributed by atoms with Gasteiger partial charge in [0, 0.05) is 6.04 Å². The number of nitrogens with one attached hydrogen (secondary N) is 1. The lowest BCUT2D eigenvalue weighted by atomic mass is 10.1. The van der Waals surface area contributed by atoms with Crippen LogP contribution in [0.5, 0.6) is 11.5 Å². The molecule has 0 aliphatic carbocycles. The van der Waals surface area contributed by atoms with Crippen molar-refractivity contribution >= 4 is 0 Å². The van der Waals surface area contributed by atoms with Crippen molar-refractivity contribution in [3.63, 3.8) is 0 Å². The molecular formula is C13H14N2O3. The number of nitrogens with zero attached hydrogens (tertiary/aromatic N) is 1. The Morgan fingerprint density at radius 1 is 1.33 bits per heavy atom. The molecule has 1 N–H and O–H groups in total. The molecule has 94 valence electrons.